The minimum atomic E-state index is -0.117. The van der Waals surface area contributed by atoms with Gasteiger partial charge in [-0.2, -0.15) is 4.98 Å². The Balaban J connectivity index is 2.27. The number of nitrogens with two attached hydrogens (primary N) is 1. The first kappa shape index (κ1) is 13.0. The lowest BCUT2D eigenvalue weighted by Gasteiger charge is -2.09. The van der Waals surface area contributed by atoms with Crippen molar-refractivity contribution in [1.29, 1.82) is 0 Å². The molecule has 98 valence electrons. The first-order valence-corrected chi connectivity index (χ1v) is 6.78. The maximum atomic E-state index is 5.91. The summed E-state index contributed by atoms with van der Waals surface area (Å²) < 4.78 is 10.8. The highest BCUT2D eigenvalue weighted by molar-refractivity contribution is 7.16. The molecule has 0 fully saturated rings. The average Bonchev–Trinajstić information content (AvgIpc) is 2.92. The van der Waals surface area contributed by atoms with Gasteiger partial charge in [0.1, 0.15) is 6.10 Å². The van der Waals surface area contributed by atoms with Crippen molar-refractivity contribution < 1.29 is 9.26 Å². The molecule has 2 N–H and O–H groups in total. The third kappa shape index (κ3) is 2.54. The van der Waals surface area contributed by atoms with E-state index in [0.29, 0.717) is 23.3 Å². The van der Waals surface area contributed by atoms with Gasteiger partial charge in [-0.3, -0.25) is 0 Å². The molecule has 2 aromatic rings. The van der Waals surface area contributed by atoms with Gasteiger partial charge in [0, 0.05) is 11.5 Å². The van der Waals surface area contributed by atoms with Gasteiger partial charge in [0.25, 0.3) is 5.89 Å². The minimum Gasteiger partial charge on any atom is -0.390 e. The molecule has 0 aliphatic carbocycles. The second-order valence-corrected chi connectivity index (χ2v) is 5.23. The summed E-state index contributed by atoms with van der Waals surface area (Å²) in [5.74, 6) is 1.04. The van der Waals surface area contributed by atoms with Crippen LogP contribution in [0.15, 0.2) is 10.6 Å². The van der Waals surface area contributed by atoms with E-state index >= 15 is 0 Å². The molecule has 0 saturated carbocycles. The van der Waals surface area contributed by atoms with Gasteiger partial charge in [0.2, 0.25) is 5.82 Å². The zero-order chi connectivity index (χ0) is 13.1. The Bertz CT molecular complexity index is 521. The molecule has 0 amide bonds. The van der Waals surface area contributed by atoms with E-state index in [9.17, 15) is 0 Å². The molecule has 0 aromatic carbocycles. The van der Waals surface area contributed by atoms with Crippen LogP contribution in [0.5, 0.6) is 0 Å². The van der Waals surface area contributed by atoms with Crippen LogP contribution in [0.4, 0.5) is 5.00 Å². The van der Waals surface area contributed by atoms with Crippen LogP contribution in [0, 0.1) is 6.92 Å². The number of anilines is 1. The molecule has 2 aromatic heterocycles. The first-order valence-electron chi connectivity index (χ1n) is 5.97. The summed E-state index contributed by atoms with van der Waals surface area (Å²) in [6, 6.07) is 1.96. The van der Waals surface area contributed by atoms with E-state index in [0.717, 1.165) is 16.9 Å². The van der Waals surface area contributed by atoms with Crippen molar-refractivity contribution in [2.75, 3.05) is 12.3 Å². The fourth-order valence-corrected chi connectivity index (χ4v) is 2.53. The lowest BCUT2D eigenvalue weighted by molar-refractivity contribution is 0.0518. The fourth-order valence-electron chi connectivity index (χ4n) is 1.75. The zero-order valence-corrected chi connectivity index (χ0v) is 11.6. The van der Waals surface area contributed by atoms with Crippen LogP contribution in [0.3, 0.4) is 0 Å². The number of hydrogen-bond donors (Lipinski definition) is 1. The average molecular weight is 267 g/mol. The largest absolute Gasteiger partial charge is 0.390 e. The SMILES string of the molecule is CCOC(CC)c1noc(-c2cc(C)sc2N)n1. The summed E-state index contributed by atoms with van der Waals surface area (Å²) in [6.45, 7) is 6.60. The Hall–Kier alpha value is -1.40. The molecule has 18 heavy (non-hydrogen) atoms. The Morgan fingerprint density at radius 2 is 2.28 bits per heavy atom. The van der Waals surface area contributed by atoms with E-state index < -0.39 is 0 Å². The van der Waals surface area contributed by atoms with E-state index in [-0.39, 0.29) is 6.10 Å². The van der Waals surface area contributed by atoms with Crippen molar-refractivity contribution in [3.63, 3.8) is 0 Å². The molecule has 0 bridgehead atoms. The normalized spacial score (nSPS) is 12.8. The molecule has 0 spiro atoms. The van der Waals surface area contributed by atoms with Gasteiger partial charge in [0.15, 0.2) is 0 Å². The Labute approximate surface area is 110 Å². The van der Waals surface area contributed by atoms with Crippen molar-refractivity contribution >= 4 is 16.3 Å². The minimum absolute atomic E-state index is 0.117. The molecule has 2 heterocycles. The number of aromatic nitrogens is 2. The van der Waals surface area contributed by atoms with Crippen LogP contribution in [0.1, 0.15) is 37.1 Å². The Morgan fingerprint density at radius 3 is 2.83 bits per heavy atom. The van der Waals surface area contributed by atoms with Crippen LogP contribution < -0.4 is 5.73 Å². The quantitative estimate of drug-likeness (QED) is 0.900. The molecule has 1 atom stereocenters. The molecule has 0 saturated heterocycles. The molecule has 0 aliphatic rings. The van der Waals surface area contributed by atoms with E-state index in [2.05, 4.69) is 10.1 Å². The van der Waals surface area contributed by atoms with Crippen LogP contribution in [0.25, 0.3) is 11.5 Å². The molecular formula is C12H17N3O2S. The maximum absolute atomic E-state index is 5.91. The summed E-state index contributed by atoms with van der Waals surface area (Å²) in [5.41, 5.74) is 6.72. The standard InChI is InChI=1S/C12H17N3O2S/c1-4-9(16-5-2)11-14-12(17-15-11)8-6-7(3)18-10(8)13/h6,9H,4-5,13H2,1-3H3. The topological polar surface area (TPSA) is 74.2 Å². The van der Waals surface area contributed by atoms with Crippen molar-refractivity contribution in [3.05, 3.63) is 16.8 Å². The van der Waals surface area contributed by atoms with Crippen LogP contribution in [-0.2, 0) is 4.74 Å². The lowest BCUT2D eigenvalue weighted by Crippen LogP contribution is -2.04. The summed E-state index contributed by atoms with van der Waals surface area (Å²) in [6.07, 6.45) is 0.693. The van der Waals surface area contributed by atoms with E-state index in [1.54, 1.807) is 0 Å². The number of hydrogen-bond acceptors (Lipinski definition) is 6. The highest BCUT2D eigenvalue weighted by Gasteiger charge is 2.19. The Kier molecular flexibility index (Phi) is 3.98. The maximum Gasteiger partial charge on any atom is 0.261 e. The van der Waals surface area contributed by atoms with E-state index in [4.69, 9.17) is 15.0 Å². The predicted octanol–water partition coefficient (Wildman–Crippen LogP) is 3.18. The molecule has 6 heteroatoms. The monoisotopic (exact) mass is 267 g/mol. The van der Waals surface area contributed by atoms with Crippen molar-refractivity contribution in [2.24, 2.45) is 0 Å². The fraction of sp³-hybridized carbons (Fsp3) is 0.500. The summed E-state index contributed by atoms with van der Waals surface area (Å²) in [4.78, 5) is 5.49. The first-order chi connectivity index (χ1) is 8.65. The predicted molar refractivity (Wildman–Crippen MR) is 71.4 cm³/mol. The number of thiophene rings is 1. The van der Waals surface area contributed by atoms with Crippen molar-refractivity contribution in [2.45, 2.75) is 33.3 Å². The molecular weight excluding hydrogens is 250 g/mol. The van der Waals surface area contributed by atoms with Gasteiger partial charge in [-0.15, -0.1) is 11.3 Å². The van der Waals surface area contributed by atoms with Gasteiger partial charge >= 0.3 is 0 Å². The molecule has 0 aliphatic heterocycles. The highest BCUT2D eigenvalue weighted by Crippen LogP contribution is 2.33. The third-order valence-electron chi connectivity index (χ3n) is 2.58. The van der Waals surface area contributed by atoms with Gasteiger partial charge in [-0.05, 0) is 26.3 Å². The third-order valence-corrected chi connectivity index (χ3v) is 3.46. The molecule has 5 nitrogen and oxygen atoms in total. The van der Waals surface area contributed by atoms with E-state index in [1.807, 2.05) is 26.8 Å². The lowest BCUT2D eigenvalue weighted by atomic mass is 10.2. The van der Waals surface area contributed by atoms with Crippen LogP contribution >= 0.6 is 11.3 Å². The van der Waals surface area contributed by atoms with Crippen LogP contribution in [-0.4, -0.2) is 16.7 Å². The van der Waals surface area contributed by atoms with Gasteiger partial charge in [0.05, 0.1) is 10.6 Å². The van der Waals surface area contributed by atoms with Gasteiger partial charge < -0.3 is 15.0 Å². The summed E-state index contributed by atoms with van der Waals surface area (Å²) in [7, 11) is 0. The van der Waals surface area contributed by atoms with Gasteiger partial charge in [-0.25, -0.2) is 0 Å². The second-order valence-electron chi connectivity index (χ2n) is 3.94. The number of rotatable bonds is 5. The van der Waals surface area contributed by atoms with Crippen molar-refractivity contribution in [1.82, 2.24) is 10.1 Å². The Morgan fingerprint density at radius 1 is 1.50 bits per heavy atom. The van der Waals surface area contributed by atoms with E-state index in [1.165, 1.54) is 11.3 Å². The van der Waals surface area contributed by atoms with Crippen molar-refractivity contribution in [3.8, 4) is 11.5 Å². The molecule has 2 rings (SSSR count). The summed E-state index contributed by atoms with van der Waals surface area (Å²) >= 11 is 1.52. The number of nitrogen functional groups attached to an aromatic ring is 1. The van der Waals surface area contributed by atoms with Crippen LogP contribution in [0.2, 0.25) is 0 Å². The number of ether oxygens (including phenoxy) is 1. The van der Waals surface area contributed by atoms with Gasteiger partial charge in [-0.1, -0.05) is 12.1 Å². The molecule has 0 radical (unpaired) electrons. The number of nitrogens with zero attached hydrogens (tertiary/aromatic N) is 2. The smallest absolute Gasteiger partial charge is 0.261 e. The number of aryl methyl sites for hydroxylation is 1. The highest BCUT2D eigenvalue weighted by atomic mass is 32.1. The zero-order valence-electron chi connectivity index (χ0n) is 10.8. The molecule has 1 unspecified atom stereocenters. The summed E-state index contributed by atoms with van der Waals surface area (Å²) in [5, 5.41) is 4.67. The second kappa shape index (κ2) is 5.49.